The first-order valence-corrected chi connectivity index (χ1v) is 8.39. The highest BCUT2D eigenvalue weighted by Gasteiger charge is 2.08. The minimum atomic E-state index is -0.223. The number of fused-ring (bicyclic) bond motifs is 1. The van der Waals surface area contributed by atoms with Crippen molar-refractivity contribution in [3.05, 3.63) is 60.4 Å². The molecule has 0 aliphatic carbocycles. The molecule has 0 aliphatic rings. The fourth-order valence-corrected chi connectivity index (χ4v) is 2.56. The Balaban J connectivity index is 1.61. The monoisotopic (exact) mass is 335 g/mol. The Morgan fingerprint density at radius 1 is 1.12 bits per heavy atom. The van der Waals surface area contributed by atoms with Crippen molar-refractivity contribution in [2.75, 3.05) is 11.9 Å². The van der Waals surface area contributed by atoms with Crippen molar-refractivity contribution < 1.29 is 9.53 Å². The fourth-order valence-electron chi connectivity index (χ4n) is 2.56. The average Bonchev–Trinajstić information content (AvgIpc) is 2.66. The standard InChI is InChI=1S/C20H21N3O2/c1-3-14(2)15-8-10-16(11-9-15)23-19(24)12-25-20-17-6-4-5-7-18(17)21-13-22-20/h4-11,13-14H,3,12H2,1-2H3,(H,23,24)/t14-/m0/s1. The van der Waals surface area contributed by atoms with Gasteiger partial charge in [0.2, 0.25) is 5.88 Å². The van der Waals surface area contributed by atoms with E-state index >= 15 is 0 Å². The first kappa shape index (κ1) is 16.9. The lowest BCUT2D eigenvalue weighted by atomic mass is 9.99. The molecule has 5 heteroatoms. The predicted molar refractivity (Wildman–Crippen MR) is 98.8 cm³/mol. The molecule has 0 fully saturated rings. The number of para-hydroxylation sites is 1. The van der Waals surface area contributed by atoms with E-state index in [9.17, 15) is 4.79 Å². The van der Waals surface area contributed by atoms with Crippen molar-refractivity contribution in [3.8, 4) is 5.88 Å². The summed E-state index contributed by atoms with van der Waals surface area (Å²) in [5.74, 6) is 0.700. The van der Waals surface area contributed by atoms with Crippen LogP contribution in [0.1, 0.15) is 31.7 Å². The topological polar surface area (TPSA) is 64.1 Å². The van der Waals surface area contributed by atoms with Crippen molar-refractivity contribution >= 4 is 22.5 Å². The van der Waals surface area contributed by atoms with Crippen molar-refractivity contribution in [2.24, 2.45) is 0 Å². The molecule has 1 atom stereocenters. The van der Waals surface area contributed by atoms with E-state index in [0.29, 0.717) is 11.8 Å². The van der Waals surface area contributed by atoms with E-state index in [1.54, 1.807) is 0 Å². The summed E-state index contributed by atoms with van der Waals surface area (Å²) in [4.78, 5) is 20.4. The normalized spacial score (nSPS) is 11.9. The summed E-state index contributed by atoms with van der Waals surface area (Å²) in [7, 11) is 0. The molecule has 1 aromatic heterocycles. The van der Waals surface area contributed by atoms with Crippen LogP contribution in [0.15, 0.2) is 54.9 Å². The molecule has 1 heterocycles. The molecule has 0 unspecified atom stereocenters. The number of carbonyl (C=O) groups excluding carboxylic acids is 1. The minimum absolute atomic E-state index is 0.103. The number of benzene rings is 2. The second-order valence-electron chi connectivity index (χ2n) is 5.96. The third-order valence-electron chi connectivity index (χ3n) is 4.22. The van der Waals surface area contributed by atoms with Crippen LogP contribution in [-0.4, -0.2) is 22.5 Å². The number of hydrogen-bond acceptors (Lipinski definition) is 4. The van der Waals surface area contributed by atoms with Crippen LogP contribution in [0.2, 0.25) is 0 Å². The van der Waals surface area contributed by atoms with Crippen molar-refractivity contribution in [3.63, 3.8) is 0 Å². The maximum Gasteiger partial charge on any atom is 0.262 e. The van der Waals surface area contributed by atoms with Gasteiger partial charge in [-0.15, -0.1) is 0 Å². The van der Waals surface area contributed by atoms with Crippen molar-refractivity contribution in [1.82, 2.24) is 9.97 Å². The Bertz CT molecular complexity index is 857. The fraction of sp³-hybridized carbons (Fsp3) is 0.250. The van der Waals surface area contributed by atoms with Gasteiger partial charge in [0.15, 0.2) is 6.61 Å². The summed E-state index contributed by atoms with van der Waals surface area (Å²) in [5, 5.41) is 3.62. The molecule has 0 bridgehead atoms. The lowest BCUT2D eigenvalue weighted by Gasteiger charge is -2.11. The molecule has 0 spiro atoms. The molecule has 0 saturated heterocycles. The van der Waals surface area contributed by atoms with Gasteiger partial charge >= 0.3 is 0 Å². The van der Waals surface area contributed by atoms with Gasteiger partial charge in [-0.2, -0.15) is 0 Å². The molecule has 0 saturated carbocycles. The van der Waals surface area contributed by atoms with Gasteiger partial charge in [0.25, 0.3) is 5.91 Å². The Kier molecular flexibility index (Phi) is 5.23. The van der Waals surface area contributed by atoms with Gasteiger partial charge in [-0.1, -0.05) is 38.1 Å². The highest BCUT2D eigenvalue weighted by Crippen LogP contribution is 2.21. The zero-order valence-electron chi connectivity index (χ0n) is 14.4. The third kappa shape index (κ3) is 4.12. The Hall–Kier alpha value is -2.95. The predicted octanol–water partition coefficient (Wildman–Crippen LogP) is 4.16. The molecule has 25 heavy (non-hydrogen) atoms. The molecule has 3 aromatic rings. The van der Waals surface area contributed by atoms with Crippen LogP contribution in [-0.2, 0) is 4.79 Å². The zero-order valence-corrected chi connectivity index (χ0v) is 14.4. The Labute approximate surface area is 147 Å². The Morgan fingerprint density at radius 2 is 1.88 bits per heavy atom. The lowest BCUT2D eigenvalue weighted by molar-refractivity contribution is -0.118. The van der Waals surface area contributed by atoms with Crippen LogP contribution in [0.4, 0.5) is 5.69 Å². The maximum atomic E-state index is 12.1. The van der Waals surface area contributed by atoms with E-state index in [1.165, 1.54) is 11.9 Å². The SMILES string of the molecule is CC[C@H](C)c1ccc(NC(=O)COc2ncnc3ccccc23)cc1. The highest BCUT2D eigenvalue weighted by atomic mass is 16.5. The number of nitrogens with one attached hydrogen (secondary N) is 1. The van der Waals surface area contributed by atoms with E-state index in [-0.39, 0.29) is 12.5 Å². The van der Waals surface area contributed by atoms with Gasteiger partial charge < -0.3 is 10.1 Å². The zero-order chi connectivity index (χ0) is 17.6. The maximum absolute atomic E-state index is 12.1. The molecule has 0 radical (unpaired) electrons. The molecule has 0 aliphatic heterocycles. The van der Waals surface area contributed by atoms with Gasteiger partial charge in [-0.25, -0.2) is 9.97 Å². The summed E-state index contributed by atoms with van der Waals surface area (Å²) in [6.07, 6.45) is 2.52. The van der Waals surface area contributed by atoms with E-state index in [1.807, 2.05) is 48.5 Å². The second-order valence-corrected chi connectivity index (χ2v) is 5.96. The molecule has 5 nitrogen and oxygen atoms in total. The van der Waals surface area contributed by atoms with Crippen LogP contribution >= 0.6 is 0 Å². The van der Waals surface area contributed by atoms with Crippen LogP contribution in [0.25, 0.3) is 10.9 Å². The van der Waals surface area contributed by atoms with Crippen molar-refractivity contribution in [1.29, 1.82) is 0 Å². The second kappa shape index (κ2) is 7.75. The molecular formula is C20H21N3O2. The molecule has 128 valence electrons. The number of ether oxygens (including phenoxy) is 1. The number of rotatable bonds is 6. The van der Waals surface area contributed by atoms with E-state index < -0.39 is 0 Å². The molecule has 2 aromatic carbocycles. The van der Waals surface area contributed by atoms with Gasteiger partial charge in [-0.05, 0) is 42.2 Å². The largest absolute Gasteiger partial charge is 0.467 e. The van der Waals surface area contributed by atoms with Crippen LogP contribution in [0.3, 0.4) is 0 Å². The number of nitrogens with zero attached hydrogens (tertiary/aromatic N) is 2. The van der Waals surface area contributed by atoms with E-state index in [2.05, 4.69) is 29.1 Å². The lowest BCUT2D eigenvalue weighted by Crippen LogP contribution is -2.20. The molecular weight excluding hydrogens is 314 g/mol. The van der Waals surface area contributed by atoms with Crippen LogP contribution < -0.4 is 10.1 Å². The van der Waals surface area contributed by atoms with Crippen LogP contribution in [0, 0.1) is 0 Å². The third-order valence-corrected chi connectivity index (χ3v) is 4.22. The average molecular weight is 335 g/mol. The molecule has 1 N–H and O–H groups in total. The summed E-state index contributed by atoms with van der Waals surface area (Å²) >= 11 is 0. The molecule has 3 rings (SSSR count). The van der Waals surface area contributed by atoms with Gasteiger partial charge in [0, 0.05) is 5.69 Å². The smallest absolute Gasteiger partial charge is 0.262 e. The summed E-state index contributed by atoms with van der Waals surface area (Å²) < 4.78 is 5.57. The first-order valence-electron chi connectivity index (χ1n) is 8.39. The first-order chi connectivity index (χ1) is 12.2. The number of anilines is 1. The van der Waals surface area contributed by atoms with Crippen molar-refractivity contribution in [2.45, 2.75) is 26.2 Å². The quantitative estimate of drug-likeness (QED) is 0.734. The summed E-state index contributed by atoms with van der Waals surface area (Å²) in [6.45, 7) is 4.25. The number of carbonyl (C=O) groups is 1. The highest BCUT2D eigenvalue weighted by molar-refractivity contribution is 5.92. The van der Waals surface area contributed by atoms with Gasteiger partial charge in [0.1, 0.15) is 6.33 Å². The Morgan fingerprint density at radius 3 is 2.64 bits per heavy atom. The molecule has 1 amide bonds. The number of hydrogen-bond donors (Lipinski definition) is 1. The van der Waals surface area contributed by atoms with E-state index in [4.69, 9.17) is 4.74 Å². The number of amides is 1. The summed E-state index contributed by atoms with van der Waals surface area (Å²) in [5.41, 5.74) is 2.81. The van der Waals surface area contributed by atoms with Gasteiger partial charge in [0.05, 0.1) is 10.9 Å². The number of aromatic nitrogens is 2. The summed E-state index contributed by atoms with van der Waals surface area (Å²) in [6, 6.07) is 15.5. The van der Waals surface area contributed by atoms with Crippen LogP contribution in [0.5, 0.6) is 5.88 Å². The van der Waals surface area contributed by atoms with Gasteiger partial charge in [-0.3, -0.25) is 4.79 Å². The van der Waals surface area contributed by atoms with E-state index in [0.717, 1.165) is 23.0 Å². The minimum Gasteiger partial charge on any atom is -0.467 e.